The molecule has 3 rings (SSSR count). The van der Waals surface area contributed by atoms with Gasteiger partial charge < -0.3 is 26.5 Å². The van der Waals surface area contributed by atoms with Crippen molar-refractivity contribution >= 4 is 17.7 Å². The molecule has 1 amide bonds. The van der Waals surface area contributed by atoms with E-state index in [0.29, 0.717) is 5.69 Å². The topological polar surface area (TPSA) is 133 Å². The molecular weight excluding hydrogens is 334 g/mol. The Morgan fingerprint density at radius 1 is 1.35 bits per heavy atom. The summed E-state index contributed by atoms with van der Waals surface area (Å²) in [6, 6.07) is 4.83. The normalized spacial score (nSPS) is 14.2. The number of nitrogens with two attached hydrogens (primary N) is 1. The molecule has 0 fully saturated rings. The predicted molar refractivity (Wildman–Crippen MR) is 97.2 cm³/mol. The first-order valence-electron chi connectivity index (χ1n) is 8.69. The zero-order valence-corrected chi connectivity index (χ0v) is 14.4. The van der Waals surface area contributed by atoms with Gasteiger partial charge in [0.25, 0.3) is 5.91 Å². The number of fused-ring (bicyclic) bond motifs is 1. The SMILES string of the molecule is N[C@@H](CNC(=O)c1cc(CCc2ccc3c(n2)NCCC3)c[nH]1)C(=O)O. The number of aromatic amines is 1. The van der Waals surface area contributed by atoms with Gasteiger partial charge in [0.1, 0.15) is 17.6 Å². The van der Waals surface area contributed by atoms with Gasteiger partial charge in [-0.1, -0.05) is 6.07 Å². The molecule has 1 aliphatic rings. The first kappa shape index (κ1) is 17.9. The second-order valence-corrected chi connectivity index (χ2v) is 6.42. The Hall–Kier alpha value is -2.87. The van der Waals surface area contributed by atoms with Crippen LogP contribution in [0.4, 0.5) is 5.82 Å². The predicted octanol–water partition coefficient (Wildman–Crippen LogP) is 0.695. The van der Waals surface area contributed by atoms with Gasteiger partial charge in [0.2, 0.25) is 0 Å². The number of carbonyl (C=O) groups excluding carboxylic acids is 1. The quantitative estimate of drug-likeness (QED) is 0.495. The Kier molecular flexibility index (Phi) is 5.52. The van der Waals surface area contributed by atoms with Crippen LogP contribution >= 0.6 is 0 Å². The lowest BCUT2D eigenvalue weighted by atomic mass is 10.1. The highest BCUT2D eigenvalue weighted by Crippen LogP contribution is 2.20. The number of hydrogen-bond acceptors (Lipinski definition) is 5. The Bertz CT molecular complexity index is 802. The number of H-pyrrole nitrogens is 1. The van der Waals surface area contributed by atoms with Gasteiger partial charge in [-0.3, -0.25) is 9.59 Å². The second kappa shape index (κ2) is 8.01. The van der Waals surface area contributed by atoms with E-state index in [4.69, 9.17) is 10.8 Å². The molecule has 0 aromatic carbocycles. The molecule has 6 N–H and O–H groups in total. The lowest BCUT2D eigenvalue weighted by molar-refractivity contribution is -0.138. The molecule has 2 aromatic heterocycles. The average Bonchev–Trinajstić information content (AvgIpc) is 3.13. The molecule has 1 atom stereocenters. The minimum atomic E-state index is -1.15. The van der Waals surface area contributed by atoms with Crippen LogP contribution in [0.15, 0.2) is 24.4 Å². The van der Waals surface area contributed by atoms with E-state index in [1.165, 1.54) is 5.56 Å². The molecule has 8 heteroatoms. The molecule has 26 heavy (non-hydrogen) atoms. The number of carboxylic acid groups (broad SMARTS) is 1. The molecule has 3 heterocycles. The summed E-state index contributed by atoms with van der Waals surface area (Å²) in [4.78, 5) is 30.3. The third-order valence-corrected chi connectivity index (χ3v) is 4.41. The van der Waals surface area contributed by atoms with Gasteiger partial charge in [-0.15, -0.1) is 0 Å². The number of aromatic nitrogens is 2. The van der Waals surface area contributed by atoms with E-state index >= 15 is 0 Å². The standard InChI is InChI=1S/C18H23N5O3/c19-14(18(25)26)10-22-17(24)15-8-11(9-21-15)3-5-13-6-4-12-2-1-7-20-16(12)23-13/h4,6,8-9,14,21H,1-3,5,7,10,19H2,(H,20,23)(H,22,24)(H,25,26)/t14-/m0/s1. The third-order valence-electron chi connectivity index (χ3n) is 4.41. The van der Waals surface area contributed by atoms with Crippen LogP contribution in [-0.4, -0.2) is 46.1 Å². The number of aliphatic carboxylic acids is 1. The summed E-state index contributed by atoms with van der Waals surface area (Å²) in [7, 11) is 0. The number of pyridine rings is 1. The van der Waals surface area contributed by atoms with Crippen LogP contribution in [0, 0.1) is 0 Å². The van der Waals surface area contributed by atoms with E-state index in [0.717, 1.165) is 49.3 Å². The summed E-state index contributed by atoms with van der Waals surface area (Å²) in [5, 5.41) is 14.6. The second-order valence-electron chi connectivity index (χ2n) is 6.42. The van der Waals surface area contributed by atoms with E-state index < -0.39 is 12.0 Å². The number of nitrogens with one attached hydrogen (secondary N) is 3. The van der Waals surface area contributed by atoms with Crippen LogP contribution in [0.3, 0.4) is 0 Å². The van der Waals surface area contributed by atoms with Crippen molar-refractivity contribution in [1.82, 2.24) is 15.3 Å². The highest BCUT2D eigenvalue weighted by Gasteiger charge is 2.15. The van der Waals surface area contributed by atoms with Gasteiger partial charge in [0, 0.05) is 25.0 Å². The van der Waals surface area contributed by atoms with E-state index in [1.54, 1.807) is 12.3 Å². The molecule has 0 unspecified atom stereocenters. The molecule has 0 aliphatic carbocycles. The maximum Gasteiger partial charge on any atom is 0.322 e. The maximum atomic E-state index is 12.0. The van der Waals surface area contributed by atoms with Crippen LogP contribution in [0.5, 0.6) is 0 Å². The fourth-order valence-electron chi connectivity index (χ4n) is 2.88. The highest BCUT2D eigenvalue weighted by molar-refractivity contribution is 5.93. The van der Waals surface area contributed by atoms with Gasteiger partial charge in [-0.05, 0) is 48.9 Å². The molecule has 138 valence electrons. The van der Waals surface area contributed by atoms with E-state index in [2.05, 4.69) is 32.7 Å². The van der Waals surface area contributed by atoms with Crippen LogP contribution in [0.2, 0.25) is 0 Å². The zero-order valence-electron chi connectivity index (χ0n) is 14.4. The van der Waals surface area contributed by atoms with Gasteiger partial charge in [0.05, 0.1) is 0 Å². The molecule has 0 radical (unpaired) electrons. The van der Waals surface area contributed by atoms with Crippen molar-refractivity contribution in [3.63, 3.8) is 0 Å². The number of aryl methyl sites for hydroxylation is 3. The molecule has 2 aromatic rings. The Morgan fingerprint density at radius 2 is 2.19 bits per heavy atom. The van der Waals surface area contributed by atoms with Crippen molar-refractivity contribution < 1.29 is 14.7 Å². The fraction of sp³-hybridized carbons (Fsp3) is 0.389. The van der Waals surface area contributed by atoms with Gasteiger partial charge in [-0.2, -0.15) is 0 Å². The Balaban J connectivity index is 1.53. The summed E-state index contributed by atoms with van der Waals surface area (Å²) >= 11 is 0. The number of nitrogens with zero attached hydrogens (tertiary/aromatic N) is 1. The Morgan fingerprint density at radius 3 is 3.00 bits per heavy atom. The first-order chi connectivity index (χ1) is 12.5. The number of anilines is 1. The fourth-order valence-corrected chi connectivity index (χ4v) is 2.88. The molecule has 0 saturated heterocycles. The monoisotopic (exact) mass is 357 g/mol. The van der Waals surface area contributed by atoms with Crippen molar-refractivity contribution in [2.24, 2.45) is 5.73 Å². The van der Waals surface area contributed by atoms with Crippen molar-refractivity contribution in [3.8, 4) is 0 Å². The lowest BCUT2D eigenvalue weighted by Gasteiger charge is -2.17. The molecular formula is C18H23N5O3. The average molecular weight is 357 g/mol. The van der Waals surface area contributed by atoms with E-state index in [-0.39, 0.29) is 12.5 Å². The van der Waals surface area contributed by atoms with Crippen molar-refractivity contribution in [1.29, 1.82) is 0 Å². The number of rotatable bonds is 7. The van der Waals surface area contributed by atoms with Crippen LogP contribution in [0.25, 0.3) is 0 Å². The number of hydrogen-bond donors (Lipinski definition) is 5. The zero-order chi connectivity index (χ0) is 18.5. The Labute approximate surface area is 151 Å². The van der Waals surface area contributed by atoms with Crippen LogP contribution in [0.1, 0.15) is 33.7 Å². The summed E-state index contributed by atoms with van der Waals surface area (Å²) in [5.74, 6) is -0.536. The van der Waals surface area contributed by atoms with Gasteiger partial charge in [-0.25, -0.2) is 4.98 Å². The van der Waals surface area contributed by atoms with Crippen molar-refractivity contribution in [2.75, 3.05) is 18.4 Å². The molecule has 0 saturated carbocycles. The summed E-state index contributed by atoms with van der Waals surface area (Å²) < 4.78 is 0. The third kappa shape index (κ3) is 4.40. The maximum absolute atomic E-state index is 12.0. The van der Waals surface area contributed by atoms with Gasteiger partial charge in [0.15, 0.2) is 0 Å². The lowest BCUT2D eigenvalue weighted by Crippen LogP contribution is -2.42. The summed E-state index contributed by atoms with van der Waals surface area (Å²) in [6.07, 6.45) is 5.52. The summed E-state index contributed by atoms with van der Waals surface area (Å²) in [6.45, 7) is 0.847. The van der Waals surface area contributed by atoms with E-state index in [9.17, 15) is 9.59 Å². The number of carboxylic acids is 1. The molecule has 8 nitrogen and oxygen atoms in total. The van der Waals surface area contributed by atoms with E-state index in [1.807, 2.05) is 0 Å². The molecule has 1 aliphatic heterocycles. The molecule has 0 bridgehead atoms. The van der Waals surface area contributed by atoms with Crippen molar-refractivity contribution in [2.45, 2.75) is 31.7 Å². The minimum absolute atomic E-state index is 0.117. The van der Waals surface area contributed by atoms with Gasteiger partial charge >= 0.3 is 5.97 Å². The number of carbonyl (C=O) groups is 2. The van der Waals surface area contributed by atoms with Crippen molar-refractivity contribution in [3.05, 3.63) is 46.9 Å². The minimum Gasteiger partial charge on any atom is -0.480 e. The summed E-state index contributed by atoms with van der Waals surface area (Å²) in [5.41, 5.74) is 9.03. The first-order valence-corrected chi connectivity index (χ1v) is 8.69. The smallest absolute Gasteiger partial charge is 0.322 e. The van der Waals surface area contributed by atoms with Crippen LogP contribution in [-0.2, 0) is 24.1 Å². The molecule has 0 spiro atoms. The van der Waals surface area contributed by atoms with Crippen LogP contribution < -0.4 is 16.4 Å². The highest BCUT2D eigenvalue weighted by atomic mass is 16.4. The number of amides is 1. The largest absolute Gasteiger partial charge is 0.480 e.